The fourth-order valence-electron chi connectivity index (χ4n) is 3.21. The lowest BCUT2D eigenvalue weighted by Crippen LogP contribution is -2.39. The third kappa shape index (κ3) is 2.22. The summed E-state index contributed by atoms with van der Waals surface area (Å²) in [5, 5.41) is 12.0. The highest BCUT2D eigenvalue weighted by Gasteiger charge is 2.72. The van der Waals surface area contributed by atoms with Gasteiger partial charge in [-0.05, 0) is 38.6 Å². The van der Waals surface area contributed by atoms with Crippen LogP contribution >= 0.6 is 0 Å². The van der Waals surface area contributed by atoms with Crippen LogP contribution in [0.2, 0.25) is 0 Å². The van der Waals surface area contributed by atoms with Crippen molar-refractivity contribution >= 4 is 11.8 Å². The number of hydrogen-bond acceptors (Lipinski definition) is 4. The first-order chi connectivity index (χ1) is 9.28. The molecule has 0 aromatic heterocycles. The first-order valence-electron chi connectivity index (χ1n) is 7.24. The highest BCUT2D eigenvalue weighted by molar-refractivity contribution is 6.10. The Morgan fingerprint density at radius 2 is 1.85 bits per heavy atom. The monoisotopic (exact) mass is 277 g/mol. The lowest BCUT2D eigenvalue weighted by Gasteiger charge is -2.23. The van der Waals surface area contributed by atoms with Crippen LogP contribution in [0.15, 0.2) is 0 Å². The Morgan fingerprint density at radius 1 is 1.30 bits per heavy atom. The van der Waals surface area contributed by atoms with E-state index in [1.165, 1.54) is 4.90 Å². The first-order valence-corrected chi connectivity index (χ1v) is 7.24. The van der Waals surface area contributed by atoms with Gasteiger partial charge in [0, 0.05) is 6.54 Å². The highest BCUT2D eigenvalue weighted by atomic mass is 16.2. The quantitative estimate of drug-likeness (QED) is 0.586. The summed E-state index contributed by atoms with van der Waals surface area (Å²) in [6.45, 7) is 6.32. The summed E-state index contributed by atoms with van der Waals surface area (Å²) in [4.78, 5) is 25.7. The molecule has 0 spiro atoms. The molecule has 2 aliphatic rings. The second-order valence-electron chi connectivity index (χ2n) is 6.76. The maximum Gasteiger partial charge on any atom is 0.233 e. The fraction of sp³-hybridized carbons (Fsp3) is 0.800. The van der Waals surface area contributed by atoms with E-state index in [1.54, 1.807) is 7.05 Å². The smallest absolute Gasteiger partial charge is 0.233 e. The summed E-state index contributed by atoms with van der Waals surface area (Å²) >= 11 is 0. The van der Waals surface area contributed by atoms with Crippen LogP contribution < -0.4 is 5.32 Å². The van der Waals surface area contributed by atoms with E-state index in [2.05, 4.69) is 11.4 Å². The molecule has 3 unspecified atom stereocenters. The van der Waals surface area contributed by atoms with Gasteiger partial charge >= 0.3 is 0 Å². The number of carbonyl (C=O) groups excluding carboxylic acids is 2. The van der Waals surface area contributed by atoms with Gasteiger partial charge in [-0.15, -0.1) is 0 Å². The Labute approximate surface area is 120 Å². The number of likely N-dealkylation sites (tertiary alicyclic amines) is 1. The number of unbranched alkanes of at least 4 members (excludes halogenated alkanes) is 1. The van der Waals surface area contributed by atoms with Gasteiger partial charge in [-0.3, -0.25) is 14.5 Å². The SMILES string of the molecule is CNC(C)(C#N)CCCCN1C(=O)C2C(C1=O)C2(C)C. The molecular weight excluding hydrogens is 254 g/mol. The number of fused-ring (bicyclic) bond motifs is 1. The van der Waals surface area contributed by atoms with Crippen molar-refractivity contribution in [2.45, 2.75) is 45.6 Å². The molecule has 1 heterocycles. The number of carbonyl (C=O) groups is 2. The minimum Gasteiger partial charge on any atom is -0.303 e. The molecule has 110 valence electrons. The van der Waals surface area contributed by atoms with Crippen LogP contribution in [0, 0.1) is 28.6 Å². The summed E-state index contributed by atoms with van der Waals surface area (Å²) in [5.74, 6) is -0.170. The van der Waals surface area contributed by atoms with Crippen molar-refractivity contribution in [1.82, 2.24) is 10.2 Å². The van der Waals surface area contributed by atoms with Crippen LogP contribution in [0.25, 0.3) is 0 Å². The van der Waals surface area contributed by atoms with Crippen LogP contribution in [0.4, 0.5) is 0 Å². The van der Waals surface area contributed by atoms with Crippen molar-refractivity contribution < 1.29 is 9.59 Å². The molecule has 2 amide bonds. The van der Waals surface area contributed by atoms with E-state index in [0.717, 1.165) is 12.8 Å². The molecule has 3 atom stereocenters. The molecule has 2 fully saturated rings. The molecule has 5 nitrogen and oxygen atoms in total. The van der Waals surface area contributed by atoms with Crippen LogP contribution in [0.3, 0.4) is 0 Å². The van der Waals surface area contributed by atoms with Crippen LogP contribution in [-0.2, 0) is 9.59 Å². The molecule has 0 bridgehead atoms. The van der Waals surface area contributed by atoms with Gasteiger partial charge in [0.15, 0.2) is 0 Å². The van der Waals surface area contributed by atoms with Crippen LogP contribution in [0.5, 0.6) is 0 Å². The van der Waals surface area contributed by atoms with Gasteiger partial charge in [0.05, 0.1) is 17.9 Å². The van der Waals surface area contributed by atoms with E-state index in [4.69, 9.17) is 5.26 Å². The lowest BCUT2D eigenvalue weighted by molar-refractivity contribution is -0.143. The van der Waals surface area contributed by atoms with Gasteiger partial charge < -0.3 is 5.32 Å². The van der Waals surface area contributed by atoms with Gasteiger partial charge in [-0.25, -0.2) is 0 Å². The van der Waals surface area contributed by atoms with Crippen molar-refractivity contribution in [3.63, 3.8) is 0 Å². The summed E-state index contributed by atoms with van der Waals surface area (Å²) in [6.07, 6.45) is 2.30. The molecule has 20 heavy (non-hydrogen) atoms. The molecule has 1 saturated heterocycles. The highest BCUT2D eigenvalue weighted by Crippen LogP contribution is 2.63. The third-order valence-electron chi connectivity index (χ3n) is 5.00. The largest absolute Gasteiger partial charge is 0.303 e. The Hall–Kier alpha value is -1.41. The molecule has 1 aliphatic heterocycles. The second-order valence-corrected chi connectivity index (χ2v) is 6.76. The zero-order valence-electron chi connectivity index (χ0n) is 12.7. The number of nitrogens with zero attached hydrogens (tertiary/aromatic N) is 2. The lowest BCUT2D eigenvalue weighted by atomic mass is 9.97. The maximum atomic E-state index is 12.1. The molecule has 1 N–H and O–H groups in total. The Kier molecular flexibility index (Phi) is 3.64. The minimum absolute atomic E-state index is 0.00154. The molecule has 1 saturated carbocycles. The number of rotatable bonds is 6. The van der Waals surface area contributed by atoms with E-state index in [1.807, 2.05) is 20.8 Å². The molecular formula is C15H23N3O2. The molecule has 0 aromatic rings. The topological polar surface area (TPSA) is 73.2 Å². The number of nitriles is 1. The molecule has 1 aliphatic carbocycles. The van der Waals surface area contributed by atoms with E-state index in [9.17, 15) is 9.59 Å². The van der Waals surface area contributed by atoms with Crippen molar-refractivity contribution in [3.05, 3.63) is 0 Å². The van der Waals surface area contributed by atoms with Gasteiger partial charge in [-0.2, -0.15) is 5.26 Å². The first kappa shape index (κ1) is 15.0. The van der Waals surface area contributed by atoms with E-state index in [-0.39, 0.29) is 29.1 Å². The predicted molar refractivity (Wildman–Crippen MR) is 74.4 cm³/mol. The van der Waals surface area contributed by atoms with Crippen molar-refractivity contribution in [2.24, 2.45) is 17.3 Å². The zero-order chi connectivity index (χ0) is 15.1. The number of hydrogen-bond donors (Lipinski definition) is 1. The van der Waals surface area contributed by atoms with E-state index >= 15 is 0 Å². The van der Waals surface area contributed by atoms with Gasteiger partial charge in [0.25, 0.3) is 0 Å². The van der Waals surface area contributed by atoms with Crippen molar-refractivity contribution in [1.29, 1.82) is 5.26 Å². The number of piperidine rings is 1. The molecule has 0 radical (unpaired) electrons. The zero-order valence-corrected chi connectivity index (χ0v) is 12.7. The van der Waals surface area contributed by atoms with Crippen LogP contribution in [0.1, 0.15) is 40.0 Å². The normalized spacial score (nSPS) is 29.9. The van der Waals surface area contributed by atoms with Gasteiger partial charge in [0.1, 0.15) is 5.54 Å². The van der Waals surface area contributed by atoms with E-state index in [0.29, 0.717) is 13.0 Å². The number of amides is 2. The fourth-order valence-corrected chi connectivity index (χ4v) is 3.21. The van der Waals surface area contributed by atoms with E-state index < -0.39 is 5.54 Å². The average molecular weight is 277 g/mol. The summed E-state index contributed by atoms with van der Waals surface area (Å²) in [6, 6.07) is 2.24. The second kappa shape index (κ2) is 4.85. The van der Waals surface area contributed by atoms with Crippen LogP contribution in [-0.4, -0.2) is 35.8 Å². The maximum absolute atomic E-state index is 12.1. The third-order valence-corrected chi connectivity index (χ3v) is 5.00. The Morgan fingerprint density at radius 3 is 2.30 bits per heavy atom. The standard InChI is InChI=1S/C15H23N3O2/c1-14(2)10-11(14)13(20)18(12(10)19)8-6-5-7-15(3,9-16)17-4/h10-11,17H,5-8H2,1-4H3. The summed E-state index contributed by atoms with van der Waals surface area (Å²) < 4.78 is 0. The van der Waals surface area contributed by atoms with Gasteiger partial charge in [0.2, 0.25) is 11.8 Å². The van der Waals surface area contributed by atoms with Crippen molar-refractivity contribution in [2.75, 3.05) is 13.6 Å². The number of nitrogens with one attached hydrogen (secondary N) is 1. The Balaban J connectivity index is 1.79. The molecule has 0 aromatic carbocycles. The summed E-state index contributed by atoms with van der Waals surface area (Å²) in [5.41, 5.74) is -0.653. The van der Waals surface area contributed by atoms with Crippen molar-refractivity contribution in [3.8, 4) is 6.07 Å². The average Bonchev–Trinajstić information content (AvgIpc) is 2.88. The van der Waals surface area contributed by atoms with Gasteiger partial charge in [-0.1, -0.05) is 13.8 Å². The molecule has 5 heteroatoms. The molecule has 2 rings (SSSR count). The number of imide groups is 1. The Bertz CT molecular complexity index is 456. The predicted octanol–water partition coefficient (Wildman–Crippen LogP) is 1.30. The minimum atomic E-state index is -0.525. The summed E-state index contributed by atoms with van der Waals surface area (Å²) in [7, 11) is 1.77.